The van der Waals surface area contributed by atoms with Gasteiger partial charge in [0.2, 0.25) is 0 Å². The van der Waals surface area contributed by atoms with Crippen LogP contribution in [0, 0.1) is 0 Å². The van der Waals surface area contributed by atoms with Gasteiger partial charge in [0.15, 0.2) is 0 Å². The minimum Gasteiger partial charge on any atom is -0.465 e. The predicted octanol–water partition coefficient (Wildman–Crippen LogP) is 5.37. The van der Waals surface area contributed by atoms with Crippen LogP contribution < -0.4 is 4.74 Å². The van der Waals surface area contributed by atoms with E-state index in [0.717, 1.165) is 31.3 Å². The molecular weight excluding hydrogens is 364 g/mol. The molecule has 0 amide bonds. The minimum absolute atomic E-state index is 0.152. The summed E-state index contributed by atoms with van der Waals surface area (Å²) in [7, 11) is 0. The zero-order valence-corrected chi connectivity index (χ0v) is 14.7. The van der Waals surface area contributed by atoms with Crippen LogP contribution in [0.4, 0.5) is 0 Å². The molecule has 5 heteroatoms. The van der Waals surface area contributed by atoms with Gasteiger partial charge in [-0.15, -0.1) is 0 Å². The Morgan fingerprint density at radius 3 is 2.64 bits per heavy atom. The van der Waals surface area contributed by atoms with Crippen LogP contribution in [0.25, 0.3) is 0 Å². The molecule has 1 unspecified atom stereocenters. The number of benzene rings is 2. The third-order valence-corrected chi connectivity index (χ3v) is 4.99. The van der Waals surface area contributed by atoms with Crippen LogP contribution >= 0.6 is 27.7 Å². The zero-order chi connectivity index (χ0) is 15.7. The van der Waals surface area contributed by atoms with Gasteiger partial charge >= 0.3 is 5.97 Å². The van der Waals surface area contributed by atoms with Gasteiger partial charge in [-0.05, 0) is 35.9 Å². The van der Waals surface area contributed by atoms with Crippen molar-refractivity contribution in [3.8, 4) is 11.5 Å². The van der Waals surface area contributed by atoms with Gasteiger partial charge in [0.25, 0.3) is 0 Å². The second kappa shape index (κ2) is 6.34. The summed E-state index contributed by atoms with van der Waals surface area (Å²) in [4.78, 5) is 13.1. The summed E-state index contributed by atoms with van der Waals surface area (Å²) >= 11 is 5.17. The molecule has 0 radical (unpaired) electrons. The Kier molecular flexibility index (Phi) is 4.45. The molecular formula is C17H15BrO3S. The highest BCUT2D eigenvalue weighted by Crippen LogP contribution is 2.48. The van der Waals surface area contributed by atoms with E-state index < -0.39 is 0 Å². The normalized spacial score (nSPS) is 13.6. The molecule has 114 valence electrons. The second-order valence-corrected chi connectivity index (χ2v) is 7.20. The number of ether oxygens (including phenoxy) is 2. The number of hydrogen-bond donors (Lipinski definition) is 0. The second-order valence-electron chi connectivity index (χ2n) is 5.20. The van der Waals surface area contributed by atoms with E-state index in [0.29, 0.717) is 6.61 Å². The van der Waals surface area contributed by atoms with Gasteiger partial charge < -0.3 is 9.47 Å². The summed E-state index contributed by atoms with van der Waals surface area (Å²) in [5.41, 5.74) is 1.13. The number of hydrogen-bond acceptors (Lipinski definition) is 4. The fraction of sp³-hybridized carbons (Fsp3) is 0.235. The van der Waals surface area contributed by atoms with E-state index in [1.54, 1.807) is 11.8 Å². The van der Waals surface area contributed by atoms with Crippen LogP contribution in [0.15, 0.2) is 50.7 Å². The van der Waals surface area contributed by atoms with Gasteiger partial charge in [-0.3, -0.25) is 4.79 Å². The lowest BCUT2D eigenvalue weighted by Crippen LogP contribution is -2.08. The van der Waals surface area contributed by atoms with E-state index in [-0.39, 0.29) is 11.9 Å². The van der Waals surface area contributed by atoms with Crippen molar-refractivity contribution in [3.05, 3.63) is 46.4 Å². The smallest absolute Gasteiger partial charge is 0.302 e. The minimum atomic E-state index is -0.249. The summed E-state index contributed by atoms with van der Waals surface area (Å²) in [6.07, 6.45) is 0. The number of rotatable bonds is 3. The molecule has 1 aliphatic heterocycles. The first-order valence-corrected chi connectivity index (χ1v) is 8.56. The van der Waals surface area contributed by atoms with Crippen molar-refractivity contribution in [3.63, 3.8) is 0 Å². The Balaban J connectivity index is 1.83. The van der Waals surface area contributed by atoms with Crippen molar-refractivity contribution in [1.29, 1.82) is 0 Å². The van der Waals surface area contributed by atoms with E-state index in [2.05, 4.69) is 28.1 Å². The van der Waals surface area contributed by atoms with Crippen LogP contribution in [-0.4, -0.2) is 12.6 Å². The maximum atomic E-state index is 10.9. The van der Waals surface area contributed by atoms with Gasteiger partial charge in [0, 0.05) is 17.3 Å². The first kappa shape index (κ1) is 15.4. The molecule has 3 nitrogen and oxygen atoms in total. The third-order valence-electron chi connectivity index (χ3n) is 3.42. The molecule has 0 fully saturated rings. The summed E-state index contributed by atoms with van der Waals surface area (Å²) in [6, 6.07) is 12.1. The van der Waals surface area contributed by atoms with Crippen molar-refractivity contribution >= 4 is 33.7 Å². The largest absolute Gasteiger partial charge is 0.465 e. The summed E-state index contributed by atoms with van der Waals surface area (Å²) in [5.74, 6) is 1.64. The monoisotopic (exact) mass is 378 g/mol. The number of carbonyl (C=O) groups is 1. The molecule has 0 aromatic heterocycles. The van der Waals surface area contributed by atoms with Gasteiger partial charge in [-0.2, -0.15) is 0 Å². The van der Waals surface area contributed by atoms with Crippen molar-refractivity contribution in [2.45, 2.75) is 29.6 Å². The molecule has 0 N–H and O–H groups in total. The standard InChI is InChI=1S/C17H15BrO3S/c1-10(9-20-11(2)19)12-3-5-14-16(7-12)22-17-8-13(18)4-6-15(17)21-14/h3-8,10H,9H2,1-2H3. The Hall–Kier alpha value is -1.46. The Labute approximate surface area is 142 Å². The fourth-order valence-electron chi connectivity index (χ4n) is 2.22. The van der Waals surface area contributed by atoms with E-state index in [4.69, 9.17) is 9.47 Å². The first-order chi connectivity index (χ1) is 10.5. The molecule has 0 saturated carbocycles. The molecule has 1 aliphatic rings. The van der Waals surface area contributed by atoms with Crippen LogP contribution in [0.5, 0.6) is 11.5 Å². The van der Waals surface area contributed by atoms with Crippen LogP contribution in [0.2, 0.25) is 0 Å². The quantitative estimate of drug-likeness (QED) is 0.573. The number of fused-ring (bicyclic) bond motifs is 2. The number of esters is 1. The predicted molar refractivity (Wildman–Crippen MR) is 89.8 cm³/mol. The van der Waals surface area contributed by atoms with E-state index in [1.165, 1.54) is 6.92 Å². The fourth-order valence-corrected chi connectivity index (χ4v) is 3.77. The molecule has 0 bridgehead atoms. The van der Waals surface area contributed by atoms with Gasteiger partial charge in [0.1, 0.15) is 11.5 Å². The molecule has 2 aromatic rings. The van der Waals surface area contributed by atoms with Crippen LogP contribution in [0.1, 0.15) is 25.3 Å². The van der Waals surface area contributed by atoms with Crippen LogP contribution in [0.3, 0.4) is 0 Å². The molecule has 2 aromatic carbocycles. The van der Waals surface area contributed by atoms with Crippen molar-refractivity contribution in [1.82, 2.24) is 0 Å². The summed E-state index contributed by atoms with van der Waals surface area (Å²) in [6.45, 7) is 3.86. The lowest BCUT2D eigenvalue weighted by Gasteiger charge is -2.21. The molecule has 22 heavy (non-hydrogen) atoms. The topological polar surface area (TPSA) is 35.5 Å². The van der Waals surface area contributed by atoms with E-state index in [1.807, 2.05) is 31.2 Å². The molecule has 1 heterocycles. The zero-order valence-electron chi connectivity index (χ0n) is 12.3. The van der Waals surface area contributed by atoms with Gasteiger partial charge in [-0.25, -0.2) is 0 Å². The van der Waals surface area contributed by atoms with Crippen LogP contribution in [-0.2, 0) is 9.53 Å². The third kappa shape index (κ3) is 3.31. The number of halogens is 1. The lowest BCUT2D eigenvalue weighted by molar-refractivity contribution is -0.141. The molecule has 0 saturated heterocycles. The number of carbonyl (C=O) groups excluding carboxylic acids is 1. The molecule has 0 aliphatic carbocycles. The van der Waals surface area contributed by atoms with Crippen molar-refractivity contribution in [2.24, 2.45) is 0 Å². The molecule has 1 atom stereocenters. The van der Waals surface area contributed by atoms with E-state index in [9.17, 15) is 4.79 Å². The molecule has 3 rings (SSSR count). The highest BCUT2D eigenvalue weighted by molar-refractivity contribution is 9.10. The Bertz CT molecular complexity index is 730. The van der Waals surface area contributed by atoms with E-state index >= 15 is 0 Å². The maximum Gasteiger partial charge on any atom is 0.302 e. The van der Waals surface area contributed by atoms with Crippen molar-refractivity contribution < 1.29 is 14.3 Å². The summed E-state index contributed by atoms with van der Waals surface area (Å²) in [5, 5.41) is 0. The maximum absolute atomic E-state index is 10.9. The highest BCUT2D eigenvalue weighted by atomic mass is 79.9. The highest BCUT2D eigenvalue weighted by Gasteiger charge is 2.19. The first-order valence-electron chi connectivity index (χ1n) is 6.95. The van der Waals surface area contributed by atoms with Crippen molar-refractivity contribution in [2.75, 3.05) is 6.61 Å². The average Bonchev–Trinajstić information content (AvgIpc) is 2.50. The average molecular weight is 379 g/mol. The molecule has 0 spiro atoms. The Morgan fingerprint density at radius 1 is 1.23 bits per heavy atom. The van der Waals surface area contributed by atoms with Gasteiger partial charge in [-0.1, -0.05) is 40.7 Å². The summed E-state index contributed by atoms with van der Waals surface area (Å²) < 4.78 is 12.1. The SMILES string of the molecule is CC(=O)OCC(C)c1ccc2c(c1)Sc1cc(Br)ccc1O2. The van der Waals surface area contributed by atoms with Gasteiger partial charge in [0.05, 0.1) is 16.4 Å². The Morgan fingerprint density at radius 2 is 1.91 bits per heavy atom. The lowest BCUT2D eigenvalue weighted by atomic mass is 10.0.